The zero-order chi connectivity index (χ0) is 15.5. The first-order chi connectivity index (χ1) is 10.6. The van der Waals surface area contributed by atoms with Gasteiger partial charge in [0, 0.05) is 12.2 Å². The second-order valence-corrected chi connectivity index (χ2v) is 5.01. The maximum atomic E-state index is 12.3. The van der Waals surface area contributed by atoms with Crippen molar-refractivity contribution in [2.45, 2.75) is 19.9 Å². The Balaban J connectivity index is 1.78. The molecule has 0 fully saturated rings. The van der Waals surface area contributed by atoms with Gasteiger partial charge in [-0.15, -0.1) is 10.2 Å². The molecule has 0 aliphatic heterocycles. The summed E-state index contributed by atoms with van der Waals surface area (Å²) in [6, 6.07) is 5.42. The topological polar surface area (TPSA) is 90.5 Å². The zero-order valence-electron chi connectivity index (χ0n) is 12.2. The lowest BCUT2D eigenvalue weighted by Crippen LogP contribution is -2.14. The summed E-state index contributed by atoms with van der Waals surface area (Å²) in [6.45, 7) is 4.03. The molecule has 22 heavy (non-hydrogen) atoms. The monoisotopic (exact) mass is 297 g/mol. The van der Waals surface area contributed by atoms with Crippen LogP contribution in [-0.4, -0.2) is 35.4 Å². The Morgan fingerprint density at radius 3 is 2.68 bits per heavy atom. The lowest BCUT2D eigenvalue weighted by Gasteiger charge is -2.05. The summed E-state index contributed by atoms with van der Waals surface area (Å²) >= 11 is 0. The highest BCUT2D eigenvalue weighted by Gasteiger charge is 2.11. The SMILES string of the molecule is CC(C)n1cc(NC(=O)c2cccc(-n3cnnc3)n2)cn1. The van der Waals surface area contributed by atoms with Gasteiger partial charge in [-0.2, -0.15) is 5.10 Å². The van der Waals surface area contributed by atoms with Crippen molar-refractivity contribution in [2.24, 2.45) is 0 Å². The smallest absolute Gasteiger partial charge is 0.274 e. The van der Waals surface area contributed by atoms with Gasteiger partial charge in [0.15, 0.2) is 0 Å². The van der Waals surface area contributed by atoms with Gasteiger partial charge < -0.3 is 5.32 Å². The zero-order valence-corrected chi connectivity index (χ0v) is 12.2. The van der Waals surface area contributed by atoms with Gasteiger partial charge in [0.05, 0.1) is 11.9 Å². The first kappa shape index (κ1) is 13.9. The van der Waals surface area contributed by atoms with Gasteiger partial charge in [-0.3, -0.25) is 14.0 Å². The van der Waals surface area contributed by atoms with E-state index in [1.807, 2.05) is 13.8 Å². The van der Waals surface area contributed by atoms with Crippen LogP contribution in [-0.2, 0) is 0 Å². The van der Waals surface area contributed by atoms with E-state index in [9.17, 15) is 4.79 Å². The molecule has 8 nitrogen and oxygen atoms in total. The molecule has 8 heteroatoms. The van der Waals surface area contributed by atoms with Crippen LogP contribution < -0.4 is 5.32 Å². The Morgan fingerprint density at radius 1 is 1.23 bits per heavy atom. The second kappa shape index (κ2) is 5.76. The highest BCUT2D eigenvalue weighted by Crippen LogP contribution is 2.12. The third-order valence-corrected chi connectivity index (χ3v) is 3.04. The number of amides is 1. The van der Waals surface area contributed by atoms with E-state index in [4.69, 9.17) is 0 Å². The first-order valence-electron chi connectivity index (χ1n) is 6.81. The number of aromatic nitrogens is 6. The molecule has 112 valence electrons. The number of hydrogen-bond acceptors (Lipinski definition) is 5. The van der Waals surface area contributed by atoms with Crippen LogP contribution in [0.1, 0.15) is 30.4 Å². The van der Waals surface area contributed by atoms with Crippen LogP contribution in [0.2, 0.25) is 0 Å². The fourth-order valence-corrected chi connectivity index (χ4v) is 1.89. The summed E-state index contributed by atoms with van der Waals surface area (Å²) in [7, 11) is 0. The molecule has 3 rings (SSSR count). The third kappa shape index (κ3) is 2.85. The quantitative estimate of drug-likeness (QED) is 0.791. The summed E-state index contributed by atoms with van der Waals surface area (Å²) in [5.41, 5.74) is 0.943. The number of nitrogens with one attached hydrogen (secondary N) is 1. The molecular formula is C14H15N7O. The van der Waals surface area contributed by atoms with Crippen LogP contribution in [0.3, 0.4) is 0 Å². The van der Waals surface area contributed by atoms with Gasteiger partial charge in [0.2, 0.25) is 0 Å². The van der Waals surface area contributed by atoms with E-state index in [1.165, 1.54) is 12.7 Å². The van der Waals surface area contributed by atoms with Crippen LogP contribution >= 0.6 is 0 Å². The number of rotatable bonds is 4. The van der Waals surface area contributed by atoms with Gasteiger partial charge in [-0.25, -0.2) is 4.98 Å². The minimum absolute atomic E-state index is 0.237. The molecule has 1 amide bonds. The van der Waals surface area contributed by atoms with Crippen LogP contribution in [0.5, 0.6) is 0 Å². The number of anilines is 1. The van der Waals surface area contributed by atoms with Crippen molar-refractivity contribution in [1.29, 1.82) is 0 Å². The first-order valence-corrected chi connectivity index (χ1v) is 6.81. The van der Waals surface area contributed by atoms with E-state index >= 15 is 0 Å². The average molecular weight is 297 g/mol. The van der Waals surface area contributed by atoms with E-state index in [0.717, 1.165) is 0 Å². The van der Waals surface area contributed by atoms with Crippen molar-refractivity contribution in [1.82, 2.24) is 29.5 Å². The van der Waals surface area contributed by atoms with E-state index in [-0.39, 0.29) is 11.9 Å². The third-order valence-electron chi connectivity index (χ3n) is 3.04. The maximum Gasteiger partial charge on any atom is 0.274 e. The molecule has 0 aliphatic rings. The van der Waals surface area contributed by atoms with Crippen molar-refractivity contribution in [2.75, 3.05) is 5.32 Å². The molecule has 1 N–H and O–H groups in total. The number of pyridine rings is 1. The summed E-state index contributed by atoms with van der Waals surface area (Å²) in [5.74, 6) is 0.286. The Labute approximate surface area is 126 Å². The average Bonchev–Trinajstić information content (AvgIpc) is 3.19. The van der Waals surface area contributed by atoms with E-state index in [2.05, 4.69) is 25.6 Å². The van der Waals surface area contributed by atoms with Gasteiger partial charge in [-0.1, -0.05) is 6.07 Å². The Hall–Kier alpha value is -3.03. The van der Waals surface area contributed by atoms with Crippen molar-refractivity contribution >= 4 is 11.6 Å². The minimum atomic E-state index is -0.293. The molecule has 0 unspecified atom stereocenters. The Morgan fingerprint density at radius 2 is 2.00 bits per heavy atom. The molecular weight excluding hydrogens is 282 g/mol. The molecule has 0 saturated carbocycles. The molecule has 0 spiro atoms. The Kier molecular flexibility index (Phi) is 3.65. The van der Waals surface area contributed by atoms with Gasteiger partial charge in [0.25, 0.3) is 5.91 Å². The Bertz CT molecular complexity index is 776. The van der Waals surface area contributed by atoms with Crippen LogP contribution in [0.15, 0.2) is 43.2 Å². The molecule has 3 aromatic heterocycles. The van der Waals surface area contributed by atoms with Crippen LogP contribution in [0.4, 0.5) is 5.69 Å². The predicted molar refractivity (Wildman–Crippen MR) is 79.7 cm³/mol. The maximum absolute atomic E-state index is 12.3. The summed E-state index contributed by atoms with van der Waals surface area (Å²) in [6.07, 6.45) is 6.45. The lowest BCUT2D eigenvalue weighted by molar-refractivity contribution is 0.102. The summed E-state index contributed by atoms with van der Waals surface area (Å²) in [5, 5.41) is 14.4. The lowest BCUT2D eigenvalue weighted by atomic mass is 10.3. The molecule has 0 atom stereocenters. The van der Waals surface area contributed by atoms with Crippen molar-refractivity contribution in [3.05, 3.63) is 48.9 Å². The molecule has 0 bridgehead atoms. The summed E-state index contributed by atoms with van der Waals surface area (Å²) in [4.78, 5) is 16.6. The molecule has 0 radical (unpaired) electrons. The number of nitrogens with zero attached hydrogens (tertiary/aromatic N) is 6. The highest BCUT2D eigenvalue weighted by molar-refractivity contribution is 6.02. The van der Waals surface area contributed by atoms with Crippen molar-refractivity contribution in [3.8, 4) is 5.82 Å². The molecule has 0 aliphatic carbocycles. The van der Waals surface area contributed by atoms with E-state index in [1.54, 1.807) is 39.8 Å². The number of carbonyl (C=O) groups excluding carboxylic acids is 1. The molecule has 3 aromatic rings. The number of hydrogen-bond donors (Lipinski definition) is 1. The minimum Gasteiger partial charge on any atom is -0.318 e. The molecule has 0 aromatic carbocycles. The molecule has 3 heterocycles. The molecule has 0 saturated heterocycles. The van der Waals surface area contributed by atoms with E-state index < -0.39 is 0 Å². The van der Waals surface area contributed by atoms with Gasteiger partial charge in [0.1, 0.15) is 24.2 Å². The second-order valence-electron chi connectivity index (χ2n) is 5.01. The van der Waals surface area contributed by atoms with Gasteiger partial charge >= 0.3 is 0 Å². The fraction of sp³-hybridized carbons (Fsp3) is 0.214. The normalized spacial score (nSPS) is 10.9. The van der Waals surface area contributed by atoms with Crippen LogP contribution in [0, 0.1) is 0 Å². The number of carbonyl (C=O) groups is 1. The highest BCUT2D eigenvalue weighted by atomic mass is 16.1. The van der Waals surface area contributed by atoms with Crippen molar-refractivity contribution < 1.29 is 4.79 Å². The van der Waals surface area contributed by atoms with Crippen LogP contribution in [0.25, 0.3) is 5.82 Å². The summed E-state index contributed by atoms with van der Waals surface area (Å²) < 4.78 is 3.41. The fourth-order valence-electron chi connectivity index (χ4n) is 1.89. The largest absolute Gasteiger partial charge is 0.318 e. The van der Waals surface area contributed by atoms with Crippen molar-refractivity contribution in [3.63, 3.8) is 0 Å². The standard InChI is InChI=1S/C14H15N7O/c1-10(2)21-7-11(6-17-21)18-14(22)12-4-3-5-13(19-12)20-8-15-16-9-20/h3-10H,1-2H3,(H,18,22). The predicted octanol–water partition coefficient (Wildman–Crippen LogP) is 1.69. The van der Waals surface area contributed by atoms with E-state index in [0.29, 0.717) is 17.2 Å². The van der Waals surface area contributed by atoms with Gasteiger partial charge in [-0.05, 0) is 26.0 Å².